The zero-order valence-corrected chi connectivity index (χ0v) is 14.9. The quantitative estimate of drug-likeness (QED) is 0.470. The van der Waals surface area contributed by atoms with Gasteiger partial charge in [-0.15, -0.1) is 10.2 Å². The van der Waals surface area contributed by atoms with E-state index in [4.69, 9.17) is 13.8 Å². The lowest BCUT2D eigenvalue weighted by Gasteiger charge is -2.10. The van der Waals surface area contributed by atoms with Gasteiger partial charge in [0.15, 0.2) is 10.9 Å². The molecule has 0 N–H and O–H groups in total. The highest BCUT2D eigenvalue weighted by atomic mass is 32.2. The number of hydrogen-bond donors (Lipinski definition) is 0. The van der Waals surface area contributed by atoms with Gasteiger partial charge >= 0.3 is 0 Å². The van der Waals surface area contributed by atoms with Crippen LogP contribution < -0.4 is 0 Å². The van der Waals surface area contributed by atoms with E-state index in [9.17, 15) is 0 Å². The summed E-state index contributed by atoms with van der Waals surface area (Å²) >= 11 is 1.60. The number of rotatable bonds is 6. The molecule has 128 valence electrons. The normalized spacial score (nSPS) is 11.6. The van der Waals surface area contributed by atoms with E-state index in [1.807, 2.05) is 18.2 Å². The van der Waals surface area contributed by atoms with Crippen molar-refractivity contribution in [3.63, 3.8) is 0 Å². The van der Waals surface area contributed by atoms with Crippen LogP contribution in [0.2, 0.25) is 0 Å². The van der Waals surface area contributed by atoms with Crippen LogP contribution in [0.15, 0.2) is 56.7 Å². The highest BCUT2D eigenvalue weighted by Gasteiger charge is 2.15. The van der Waals surface area contributed by atoms with E-state index in [-0.39, 0.29) is 0 Å². The number of aromatic nitrogens is 4. The maximum Gasteiger partial charge on any atom is 0.283 e. The molecule has 0 aliphatic heterocycles. The number of benzene rings is 1. The molecule has 0 saturated carbocycles. The second-order valence-electron chi connectivity index (χ2n) is 6.15. The van der Waals surface area contributed by atoms with Crippen LogP contribution in [0.25, 0.3) is 22.7 Å². The maximum atomic E-state index is 5.67. The minimum Gasteiger partial charge on any atom is -0.459 e. The summed E-state index contributed by atoms with van der Waals surface area (Å²) in [4.78, 5) is 4.76. The Hall–Kier alpha value is -2.54. The van der Waals surface area contributed by atoms with Crippen molar-refractivity contribution in [2.75, 3.05) is 0 Å². The molecule has 25 heavy (non-hydrogen) atoms. The van der Waals surface area contributed by atoms with Gasteiger partial charge in [0, 0.05) is 6.54 Å². The lowest BCUT2D eigenvalue weighted by Crippen LogP contribution is -2.05. The Morgan fingerprint density at radius 1 is 1.12 bits per heavy atom. The molecule has 7 heteroatoms. The average molecular weight is 354 g/mol. The summed E-state index contributed by atoms with van der Waals surface area (Å²) in [5.41, 5.74) is 2.16. The largest absolute Gasteiger partial charge is 0.459 e. The van der Waals surface area contributed by atoms with E-state index in [0.29, 0.717) is 29.2 Å². The highest BCUT2D eigenvalue weighted by molar-refractivity contribution is 7.98. The predicted molar refractivity (Wildman–Crippen MR) is 96.1 cm³/mol. The lowest BCUT2D eigenvalue weighted by atomic mass is 10.2. The minimum absolute atomic E-state index is 0.399. The summed E-state index contributed by atoms with van der Waals surface area (Å²) in [6, 6.07) is 11.8. The van der Waals surface area contributed by atoms with Crippen molar-refractivity contribution in [2.45, 2.75) is 31.3 Å². The summed E-state index contributed by atoms with van der Waals surface area (Å²) in [6.45, 7) is 5.33. The molecule has 0 fully saturated rings. The molecule has 3 heterocycles. The van der Waals surface area contributed by atoms with Crippen molar-refractivity contribution in [2.24, 2.45) is 5.92 Å². The summed E-state index contributed by atoms with van der Waals surface area (Å²) in [7, 11) is 0. The van der Waals surface area contributed by atoms with Crippen molar-refractivity contribution < 1.29 is 8.83 Å². The summed E-state index contributed by atoms with van der Waals surface area (Å²) in [5.74, 6) is 2.63. The van der Waals surface area contributed by atoms with Crippen LogP contribution in [-0.4, -0.2) is 19.7 Å². The Balaban J connectivity index is 1.56. The van der Waals surface area contributed by atoms with E-state index >= 15 is 0 Å². The molecule has 4 rings (SSSR count). The highest BCUT2D eigenvalue weighted by Crippen LogP contribution is 2.28. The average Bonchev–Trinajstić information content (AvgIpc) is 3.33. The van der Waals surface area contributed by atoms with E-state index in [1.54, 1.807) is 30.2 Å². The van der Waals surface area contributed by atoms with E-state index < -0.39 is 0 Å². The zero-order valence-electron chi connectivity index (χ0n) is 14.0. The molecular formula is C18H18N4O2S. The van der Waals surface area contributed by atoms with E-state index in [2.05, 4.69) is 34.7 Å². The standard InChI is InChI=1S/C18H18N4O2S/c1-12(2)10-22-14-7-4-3-6-13(14)19-18(22)25-11-16-20-21-17(24-16)15-8-5-9-23-15/h3-9,12H,10-11H2,1-2H3. The molecule has 0 aliphatic carbocycles. The first-order valence-electron chi connectivity index (χ1n) is 8.15. The van der Waals surface area contributed by atoms with Gasteiger partial charge in [0.25, 0.3) is 5.89 Å². The van der Waals surface area contributed by atoms with Crippen LogP contribution >= 0.6 is 11.8 Å². The summed E-state index contributed by atoms with van der Waals surface area (Å²) in [6.07, 6.45) is 1.59. The van der Waals surface area contributed by atoms with Crippen LogP contribution in [0.4, 0.5) is 0 Å². The maximum absolute atomic E-state index is 5.67. The lowest BCUT2D eigenvalue weighted by molar-refractivity contribution is 0.492. The predicted octanol–water partition coefficient (Wildman–Crippen LogP) is 4.63. The zero-order chi connectivity index (χ0) is 17.2. The number of nitrogens with zero attached hydrogens (tertiary/aromatic N) is 4. The van der Waals surface area contributed by atoms with Crippen molar-refractivity contribution >= 4 is 22.8 Å². The molecule has 6 nitrogen and oxygen atoms in total. The Morgan fingerprint density at radius 2 is 2.00 bits per heavy atom. The van der Waals surface area contributed by atoms with Gasteiger partial charge in [0.1, 0.15) is 0 Å². The molecule has 1 aromatic carbocycles. The first kappa shape index (κ1) is 16.0. The molecule has 0 amide bonds. The van der Waals surface area contributed by atoms with Gasteiger partial charge in [-0.1, -0.05) is 37.7 Å². The van der Waals surface area contributed by atoms with Gasteiger partial charge in [-0.3, -0.25) is 0 Å². The van der Waals surface area contributed by atoms with Gasteiger partial charge in [-0.05, 0) is 30.2 Å². The smallest absolute Gasteiger partial charge is 0.283 e. The fraction of sp³-hybridized carbons (Fsp3) is 0.278. The summed E-state index contributed by atoms with van der Waals surface area (Å²) in [5, 5.41) is 9.10. The van der Waals surface area contributed by atoms with Crippen LogP contribution in [0, 0.1) is 5.92 Å². The molecule has 0 radical (unpaired) electrons. The molecule has 0 unspecified atom stereocenters. The number of hydrogen-bond acceptors (Lipinski definition) is 6. The molecular weight excluding hydrogens is 336 g/mol. The second-order valence-corrected chi connectivity index (χ2v) is 7.10. The third kappa shape index (κ3) is 3.32. The third-order valence-corrected chi connectivity index (χ3v) is 4.65. The number of imidazole rings is 1. The van der Waals surface area contributed by atoms with Gasteiger partial charge in [-0.25, -0.2) is 4.98 Å². The van der Waals surface area contributed by atoms with Gasteiger partial charge in [0.2, 0.25) is 5.89 Å². The summed E-state index contributed by atoms with van der Waals surface area (Å²) < 4.78 is 13.2. The van der Waals surface area contributed by atoms with Crippen LogP contribution in [0.3, 0.4) is 0 Å². The molecule has 4 aromatic rings. The number of para-hydroxylation sites is 2. The van der Waals surface area contributed by atoms with Crippen LogP contribution in [0.5, 0.6) is 0 Å². The Labute approximate surface area is 149 Å². The van der Waals surface area contributed by atoms with Gasteiger partial charge in [-0.2, -0.15) is 0 Å². The van der Waals surface area contributed by atoms with Gasteiger partial charge in [0.05, 0.1) is 23.0 Å². The van der Waals surface area contributed by atoms with Crippen LogP contribution in [-0.2, 0) is 12.3 Å². The Morgan fingerprint density at radius 3 is 2.80 bits per heavy atom. The second kappa shape index (κ2) is 6.76. The fourth-order valence-electron chi connectivity index (χ4n) is 2.64. The monoisotopic (exact) mass is 354 g/mol. The molecule has 0 atom stereocenters. The molecule has 0 aliphatic rings. The molecule has 0 spiro atoms. The fourth-order valence-corrected chi connectivity index (χ4v) is 3.50. The van der Waals surface area contributed by atoms with E-state index in [0.717, 1.165) is 22.7 Å². The molecule has 0 bridgehead atoms. The Kier molecular flexibility index (Phi) is 4.31. The van der Waals surface area contributed by atoms with E-state index in [1.165, 1.54) is 0 Å². The Bertz CT molecular complexity index is 972. The van der Waals surface area contributed by atoms with Crippen LogP contribution in [0.1, 0.15) is 19.7 Å². The van der Waals surface area contributed by atoms with Crippen molar-refractivity contribution in [3.05, 3.63) is 48.6 Å². The van der Waals surface area contributed by atoms with Gasteiger partial charge < -0.3 is 13.4 Å². The topological polar surface area (TPSA) is 69.9 Å². The number of fused-ring (bicyclic) bond motifs is 1. The van der Waals surface area contributed by atoms with Crippen molar-refractivity contribution in [1.29, 1.82) is 0 Å². The number of thioether (sulfide) groups is 1. The molecule has 0 saturated heterocycles. The van der Waals surface area contributed by atoms with Crippen molar-refractivity contribution in [3.8, 4) is 11.7 Å². The first-order valence-corrected chi connectivity index (χ1v) is 9.13. The first-order chi connectivity index (χ1) is 12.2. The molecule has 3 aromatic heterocycles. The minimum atomic E-state index is 0.399. The SMILES string of the molecule is CC(C)Cn1c(SCc2nnc(-c3ccco3)o2)nc2ccccc21. The number of furan rings is 1. The third-order valence-electron chi connectivity index (χ3n) is 3.69. The van der Waals surface area contributed by atoms with Crippen molar-refractivity contribution in [1.82, 2.24) is 19.7 Å².